The normalized spacial score (nSPS) is 20.7. The molecular weight excluding hydrogens is 261 g/mol. The van der Waals surface area contributed by atoms with Crippen molar-refractivity contribution in [1.29, 1.82) is 0 Å². The molecule has 1 heterocycles. The van der Waals surface area contributed by atoms with E-state index >= 15 is 0 Å². The van der Waals surface area contributed by atoms with Gasteiger partial charge in [0.15, 0.2) is 0 Å². The molecule has 1 aliphatic rings. The summed E-state index contributed by atoms with van der Waals surface area (Å²) in [6.07, 6.45) is -5.37. The van der Waals surface area contributed by atoms with Gasteiger partial charge in [0.1, 0.15) is 6.04 Å². The summed E-state index contributed by atoms with van der Waals surface area (Å²) in [5.41, 5.74) is 0. The van der Waals surface area contributed by atoms with Crippen LogP contribution in [0.4, 0.5) is 13.2 Å². The van der Waals surface area contributed by atoms with Gasteiger partial charge in [0.25, 0.3) is 0 Å². The van der Waals surface area contributed by atoms with Gasteiger partial charge in [0.05, 0.1) is 6.42 Å². The first kappa shape index (κ1) is 16.2. The Labute approximate surface area is 111 Å². The molecule has 0 aliphatic carbocycles. The number of hydrogen-bond donors (Lipinski definition) is 1. The van der Waals surface area contributed by atoms with Crippen molar-refractivity contribution in [2.24, 2.45) is 5.92 Å². The number of rotatable bonds is 5. The number of halogens is 3. The van der Waals surface area contributed by atoms with Crippen LogP contribution in [-0.2, 0) is 4.79 Å². The van der Waals surface area contributed by atoms with Crippen LogP contribution in [0.25, 0.3) is 0 Å². The molecule has 19 heavy (non-hydrogen) atoms. The maximum Gasteiger partial charge on any atom is 0.404 e. The molecule has 0 aromatic heterocycles. The molecule has 1 unspecified atom stereocenters. The highest BCUT2D eigenvalue weighted by Crippen LogP contribution is 2.28. The van der Waals surface area contributed by atoms with E-state index in [2.05, 4.69) is 18.7 Å². The molecule has 0 aromatic rings. The Morgan fingerprint density at radius 1 is 1.21 bits per heavy atom. The molecule has 1 atom stereocenters. The minimum absolute atomic E-state index is 0.268. The summed E-state index contributed by atoms with van der Waals surface area (Å²) in [6, 6.07) is -1.87. The Kier molecular flexibility index (Phi) is 5.61. The molecule has 1 rings (SSSR count). The molecule has 0 bridgehead atoms. The number of carboxylic acids is 1. The molecule has 1 fully saturated rings. The molecule has 0 spiro atoms. The van der Waals surface area contributed by atoms with Crippen LogP contribution in [0.5, 0.6) is 0 Å². The molecule has 0 amide bonds. The molecule has 0 aromatic carbocycles. The van der Waals surface area contributed by atoms with Gasteiger partial charge in [-0.25, -0.2) is 0 Å². The van der Waals surface area contributed by atoms with Crippen LogP contribution in [0.1, 0.15) is 20.3 Å². The summed E-state index contributed by atoms with van der Waals surface area (Å²) in [7, 11) is 0. The fourth-order valence-corrected chi connectivity index (χ4v) is 2.39. The summed E-state index contributed by atoms with van der Waals surface area (Å²) in [6.45, 7) is 6.65. The molecular formula is C12H21F3N2O2. The standard InChI is InChI=1S/C12H21F3N2O2/c1-9(2)8-16-3-5-17(6-4-16)10(7-11(18)19)12(13,14)15/h9-10H,3-8H2,1-2H3,(H,18,19). The van der Waals surface area contributed by atoms with Crippen LogP contribution >= 0.6 is 0 Å². The zero-order valence-corrected chi connectivity index (χ0v) is 11.3. The first-order valence-electron chi connectivity index (χ1n) is 6.45. The van der Waals surface area contributed by atoms with Crippen molar-refractivity contribution in [1.82, 2.24) is 9.80 Å². The van der Waals surface area contributed by atoms with E-state index in [9.17, 15) is 18.0 Å². The van der Waals surface area contributed by atoms with Crippen molar-refractivity contribution in [3.8, 4) is 0 Å². The maximum absolute atomic E-state index is 12.9. The van der Waals surface area contributed by atoms with E-state index in [1.165, 1.54) is 4.90 Å². The minimum Gasteiger partial charge on any atom is -0.481 e. The second kappa shape index (κ2) is 6.56. The van der Waals surface area contributed by atoms with E-state index in [-0.39, 0.29) is 13.1 Å². The van der Waals surface area contributed by atoms with Crippen LogP contribution < -0.4 is 0 Å². The van der Waals surface area contributed by atoms with E-state index in [0.717, 1.165) is 6.54 Å². The van der Waals surface area contributed by atoms with Crippen LogP contribution in [0.15, 0.2) is 0 Å². The van der Waals surface area contributed by atoms with E-state index in [4.69, 9.17) is 5.11 Å². The van der Waals surface area contributed by atoms with Gasteiger partial charge in [0, 0.05) is 32.7 Å². The summed E-state index contributed by atoms with van der Waals surface area (Å²) in [5.74, 6) is -0.934. The fraction of sp³-hybridized carbons (Fsp3) is 0.917. The third kappa shape index (κ3) is 5.36. The Morgan fingerprint density at radius 2 is 1.74 bits per heavy atom. The van der Waals surface area contributed by atoms with Crippen molar-refractivity contribution < 1.29 is 23.1 Å². The van der Waals surface area contributed by atoms with Gasteiger partial charge in [-0.1, -0.05) is 13.8 Å². The average Bonchev–Trinajstić information content (AvgIpc) is 2.25. The van der Waals surface area contributed by atoms with Crippen LogP contribution in [0.3, 0.4) is 0 Å². The second-order valence-electron chi connectivity index (χ2n) is 5.39. The quantitative estimate of drug-likeness (QED) is 0.833. The summed E-state index contributed by atoms with van der Waals surface area (Å²) in [5, 5.41) is 8.61. The van der Waals surface area contributed by atoms with Gasteiger partial charge >= 0.3 is 12.1 Å². The topological polar surface area (TPSA) is 43.8 Å². The number of alkyl halides is 3. The van der Waals surface area contributed by atoms with Gasteiger partial charge in [-0.15, -0.1) is 0 Å². The third-order valence-corrected chi connectivity index (χ3v) is 3.22. The predicted molar refractivity (Wildman–Crippen MR) is 64.9 cm³/mol. The highest BCUT2D eigenvalue weighted by atomic mass is 19.4. The van der Waals surface area contributed by atoms with E-state index in [1.807, 2.05) is 0 Å². The predicted octanol–water partition coefficient (Wildman–Crippen LogP) is 1.67. The Morgan fingerprint density at radius 3 is 2.11 bits per heavy atom. The molecule has 1 saturated heterocycles. The van der Waals surface area contributed by atoms with Crippen molar-refractivity contribution in [3.63, 3.8) is 0 Å². The number of carboxylic acid groups (broad SMARTS) is 1. The molecule has 1 aliphatic heterocycles. The summed E-state index contributed by atoms with van der Waals surface area (Å²) in [4.78, 5) is 13.9. The highest BCUT2D eigenvalue weighted by Gasteiger charge is 2.45. The SMILES string of the molecule is CC(C)CN1CCN(C(CC(=O)O)C(F)(F)F)CC1. The van der Waals surface area contributed by atoms with E-state index in [1.54, 1.807) is 0 Å². The molecule has 112 valence electrons. The summed E-state index contributed by atoms with van der Waals surface area (Å²) >= 11 is 0. The first-order chi connectivity index (χ1) is 8.70. The molecule has 0 radical (unpaired) electrons. The Hall–Kier alpha value is -0.820. The molecule has 7 heteroatoms. The number of carbonyl (C=O) groups is 1. The largest absolute Gasteiger partial charge is 0.481 e. The number of nitrogens with zero attached hydrogens (tertiary/aromatic N) is 2. The molecule has 0 saturated carbocycles. The van der Waals surface area contributed by atoms with Crippen LogP contribution in [0, 0.1) is 5.92 Å². The lowest BCUT2D eigenvalue weighted by atomic mass is 10.1. The van der Waals surface area contributed by atoms with E-state index in [0.29, 0.717) is 19.0 Å². The second-order valence-corrected chi connectivity index (χ2v) is 5.39. The third-order valence-electron chi connectivity index (χ3n) is 3.22. The zero-order chi connectivity index (χ0) is 14.6. The lowest BCUT2D eigenvalue weighted by Crippen LogP contribution is -2.55. The van der Waals surface area contributed by atoms with Crippen molar-refractivity contribution >= 4 is 5.97 Å². The van der Waals surface area contributed by atoms with E-state index < -0.39 is 24.6 Å². The monoisotopic (exact) mass is 282 g/mol. The first-order valence-corrected chi connectivity index (χ1v) is 6.45. The van der Waals surface area contributed by atoms with Crippen molar-refractivity contribution in [2.45, 2.75) is 32.5 Å². The lowest BCUT2D eigenvalue weighted by molar-refractivity contribution is -0.194. The summed E-state index contributed by atoms with van der Waals surface area (Å²) < 4.78 is 38.6. The Bertz CT molecular complexity index is 300. The van der Waals surface area contributed by atoms with Gasteiger partial charge in [-0.2, -0.15) is 13.2 Å². The van der Waals surface area contributed by atoms with Crippen molar-refractivity contribution in [2.75, 3.05) is 32.7 Å². The smallest absolute Gasteiger partial charge is 0.404 e. The van der Waals surface area contributed by atoms with Gasteiger partial charge < -0.3 is 10.0 Å². The van der Waals surface area contributed by atoms with Crippen LogP contribution in [0.2, 0.25) is 0 Å². The molecule has 4 nitrogen and oxygen atoms in total. The van der Waals surface area contributed by atoms with Gasteiger partial charge in [-0.3, -0.25) is 9.69 Å². The number of hydrogen-bond acceptors (Lipinski definition) is 3. The lowest BCUT2D eigenvalue weighted by Gasteiger charge is -2.39. The maximum atomic E-state index is 12.9. The highest BCUT2D eigenvalue weighted by molar-refractivity contribution is 5.67. The molecule has 1 N–H and O–H groups in total. The average molecular weight is 282 g/mol. The van der Waals surface area contributed by atoms with Gasteiger partial charge in [-0.05, 0) is 5.92 Å². The van der Waals surface area contributed by atoms with Crippen LogP contribution in [-0.4, -0.2) is 65.8 Å². The fourth-order valence-electron chi connectivity index (χ4n) is 2.39. The number of piperazine rings is 1. The zero-order valence-electron chi connectivity index (χ0n) is 11.3. The number of aliphatic carboxylic acids is 1. The minimum atomic E-state index is -4.49. The van der Waals surface area contributed by atoms with Crippen molar-refractivity contribution in [3.05, 3.63) is 0 Å². The van der Waals surface area contributed by atoms with Gasteiger partial charge in [0.2, 0.25) is 0 Å². The Balaban J connectivity index is 2.57.